The Hall–Kier alpha value is -1.85. The Morgan fingerprint density at radius 2 is 1.95 bits per heavy atom. The normalized spacial score (nSPS) is 21.3. The van der Waals surface area contributed by atoms with E-state index >= 15 is 0 Å². The average molecular weight is 250 g/mol. The number of likely N-dealkylation sites (tertiary alicyclic amines) is 1. The molecular weight excluding hydrogens is 232 g/mol. The first kappa shape index (κ1) is 12.2. The highest BCUT2D eigenvalue weighted by Crippen LogP contribution is 2.36. The standard InChI is InChI=1S/C17H18N2/c18-11-14-12-19(13-14)17(15-7-3-1-4-8-15)16-9-5-2-6-10-16/h1,3-5,7-10,14,17H,2,6,12-13H2. The summed E-state index contributed by atoms with van der Waals surface area (Å²) in [6.45, 7) is 1.78. The van der Waals surface area contributed by atoms with Gasteiger partial charge in [0.1, 0.15) is 0 Å². The van der Waals surface area contributed by atoms with Crippen LogP contribution < -0.4 is 0 Å². The molecule has 19 heavy (non-hydrogen) atoms. The second kappa shape index (κ2) is 5.42. The molecule has 1 heterocycles. The topological polar surface area (TPSA) is 27.0 Å². The maximum atomic E-state index is 8.96. The number of nitriles is 1. The Balaban J connectivity index is 1.87. The third-order valence-corrected chi connectivity index (χ3v) is 3.91. The zero-order chi connectivity index (χ0) is 13.1. The minimum Gasteiger partial charge on any atom is -0.290 e. The fourth-order valence-corrected chi connectivity index (χ4v) is 2.89. The van der Waals surface area contributed by atoms with Gasteiger partial charge in [0, 0.05) is 13.1 Å². The Bertz CT molecular complexity index is 530. The minimum absolute atomic E-state index is 0.208. The SMILES string of the molecule is N#CC1CN(C(C2=CCCC=C2)c2ccccc2)C1. The molecule has 1 saturated heterocycles. The van der Waals surface area contributed by atoms with Crippen LogP contribution in [0.2, 0.25) is 0 Å². The van der Waals surface area contributed by atoms with Gasteiger partial charge in [0.2, 0.25) is 0 Å². The summed E-state index contributed by atoms with van der Waals surface area (Å²) in [4.78, 5) is 2.41. The molecule has 96 valence electrons. The fraction of sp³-hybridized carbons (Fsp3) is 0.353. The van der Waals surface area contributed by atoms with Crippen LogP contribution in [0.1, 0.15) is 24.4 Å². The second-order valence-corrected chi connectivity index (χ2v) is 5.28. The van der Waals surface area contributed by atoms with Gasteiger partial charge in [0.25, 0.3) is 0 Å². The van der Waals surface area contributed by atoms with Crippen LogP contribution in [0.3, 0.4) is 0 Å². The molecule has 0 bridgehead atoms. The molecule has 0 saturated carbocycles. The van der Waals surface area contributed by atoms with Gasteiger partial charge in [-0.25, -0.2) is 0 Å². The molecular formula is C17H18N2. The van der Waals surface area contributed by atoms with Crippen LogP contribution in [0.4, 0.5) is 0 Å². The first-order valence-corrected chi connectivity index (χ1v) is 6.93. The van der Waals surface area contributed by atoms with E-state index in [4.69, 9.17) is 5.26 Å². The number of hydrogen-bond acceptors (Lipinski definition) is 2. The highest BCUT2D eigenvalue weighted by Gasteiger charge is 2.34. The number of hydrogen-bond donors (Lipinski definition) is 0. The molecule has 0 N–H and O–H groups in total. The summed E-state index contributed by atoms with van der Waals surface area (Å²) < 4.78 is 0. The van der Waals surface area contributed by atoms with E-state index in [9.17, 15) is 0 Å². The third-order valence-electron chi connectivity index (χ3n) is 3.91. The smallest absolute Gasteiger partial charge is 0.0718 e. The Morgan fingerprint density at radius 1 is 1.16 bits per heavy atom. The largest absolute Gasteiger partial charge is 0.290 e. The molecule has 0 aromatic heterocycles. The molecule has 2 heteroatoms. The van der Waals surface area contributed by atoms with Crippen molar-refractivity contribution in [2.24, 2.45) is 5.92 Å². The number of benzene rings is 1. The van der Waals surface area contributed by atoms with Gasteiger partial charge in [-0.05, 0) is 24.0 Å². The zero-order valence-electron chi connectivity index (χ0n) is 11.0. The van der Waals surface area contributed by atoms with E-state index < -0.39 is 0 Å². The van der Waals surface area contributed by atoms with Gasteiger partial charge in [0.05, 0.1) is 18.0 Å². The summed E-state index contributed by atoms with van der Waals surface area (Å²) in [6.07, 6.45) is 9.13. The summed E-state index contributed by atoms with van der Waals surface area (Å²) in [5, 5.41) is 8.96. The first-order chi connectivity index (χ1) is 9.38. The lowest BCUT2D eigenvalue weighted by Gasteiger charge is -2.42. The fourth-order valence-electron chi connectivity index (χ4n) is 2.89. The van der Waals surface area contributed by atoms with Crippen molar-refractivity contribution in [3.8, 4) is 6.07 Å². The van der Waals surface area contributed by atoms with E-state index in [0.29, 0.717) is 6.04 Å². The summed E-state index contributed by atoms with van der Waals surface area (Å²) in [5.74, 6) is 0.208. The van der Waals surface area contributed by atoms with Crippen LogP contribution in [-0.2, 0) is 0 Å². The summed E-state index contributed by atoms with van der Waals surface area (Å²) in [6, 6.07) is 13.3. The molecule has 1 aromatic carbocycles. The van der Waals surface area contributed by atoms with E-state index in [0.717, 1.165) is 25.9 Å². The highest BCUT2D eigenvalue weighted by atomic mass is 15.2. The molecule has 0 radical (unpaired) electrons. The lowest BCUT2D eigenvalue weighted by molar-refractivity contribution is 0.0986. The van der Waals surface area contributed by atoms with E-state index in [-0.39, 0.29) is 5.92 Å². The molecule has 0 spiro atoms. The zero-order valence-corrected chi connectivity index (χ0v) is 11.0. The minimum atomic E-state index is 0.208. The molecule has 1 aliphatic heterocycles. The molecule has 0 amide bonds. The van der Waals surface area contributed by atoms with Crippen LogP contribution >= 0.6 is 0 Å². The van der Waals surface area contributed by atoms with Crippen molar-refractivity contribution in [1.82, 2.24) is 4.90 Å². The Morgan fingerprint density at radius 3 is 2.58 bits per heavy atom. The lowest BCUT2D eigenvalue weighted by atomic mass is 9.88. The molecule has 1 atom stereocenters. The molecule has 3 rings (SSSR count). The van der Waals surface area contributed by atoms with Crippen LogP contribution in [0.15, 0.2) is 54.1 Å². The summed E-state index contributed by atoms with van der Waals surface area (Å²) in [5.41, 5.74) is 2.71. The second-order valence-electron chi connectivity index (χ2n) is 5.28. The molecule has 1 fully saturated rings. The van der Waals surface area contributed by atoms with Crippen molar-refractivity contribution >= 4 is 0 Å². The van der Waals surface area contributed by atoms with Crippen LogP contribution in [-0.4, -0.2) is 18.0 Å². The number of rotatable bonds is 3. The molecule has 1 unspecified atom stereocenters. The van der Waals surface area contributed by atoms with Gasteiger partial charge in [-0.2, -0.15) is 5.26 Å². The monoisotopic (exact) mass is 250 g/mol. The van der Waals surface area contributed by atoms with Crippen molar-refractivity contribution in [3.63, 3.8) is 0 Å². The predicted octanol–water partition coefficient (Wildman–Crippen LogP) is 3.46. The van der Waals surface area contributed by atoms with Crippen molar-refractivity contribution < 1.29 is 0 Å². The molecule has 1 aliphatic carbocycles. The third kappa shape index (κ3) is 2.47. The molecule has 2 nitrogen and oxygen atoms in total. The summed E-state index contributed by atoms with van der Waals surface area (Å²) in [7, 11) is 0. The van der Waals surface area contributed by atoms with Crippen LogP contribution in [0.25, 0.3) is 0 Å². The van der Waals surface area contributed by atoms with Crippen molar-refractivity contribution in [3.05, 3.63) is 59.7 Å². The van der Waals surface area contributed by atoms with Gasteiger partial charge in [-0.1, -0.05) is 48.6 Å². The van der Waals surface area contributed by atoms with Gasteiger partial charge >= 0.3 is 0 Å². The molecule has 1 aromatic rings. The maximum absolute atomic E-state index is 8.96. The maximum Gasteiger partial charge on any atom is 0.0718 e. The first-order valence-electron chi connectivity index (χ1n) is 6.93. The Labute approximate surface area is 114 Å². The van der Waals surface area contributed by atoms with Gasteiger partial charge < -0.3 is 0 Å². The number of allylic oxidation sites excluding steroid dienone is 2. The van der Waals surface area contributed by atoms with Gasteiger partial charge in [-0.15, -0.1) is 0 Å². The van der Waals surface area contributed by atoms with E-state index in [1.807, 2.05) is 0 Å². The van der Waals surface area contributed by atoms with Gasteiger partial charge in [-0.3, -0.25) is 4.90 Å². The quantitative estimate of drug-likeness (QED) is 0.821. The molecule has 2 aliphatic rings. The van der Waals surface area contributed by atoms with Crippen molar-refractivity contribution in [2.75, 3.05) is 13.1 Å². The van der Waals surface area contributed by atoms with Gasteiger partial charge in [0.15, 0.2) is 0 Å². The Kier molecular flexibility index (Phi) is 3.48. The van der Waals surface area contributed by atoms with E-state index in [2.05, 4.69) is 59.5 Å². The highest BCUT2D eigenvalue weighted by molar-refractivity contribution is 5.36. The predicted molar refractivity (Wildman–Crippen MR) is 76.3 cm³/mol. The van der Waals surface area contributed by atoms with Crippen molar-refractivity contribution in [1.29, 1.82) is 5.26 Å². The van der Waals surface area contributed by atoms with E-state index in [1.54, 1.807) is 0 Å². The van der Waals surface area contributed by atoms with Crippen LogP contribution in [0.5, 0.6) is 0 Å². The van der Waals surface area contributed by atoms with Crippen molar-refractivity contribution in [2.45, 2.75) is 18.9 Å². The van der Waals surface area contributed by atoms with Crippen LogP contribution in [0, 0.1) is 17.2 Å². The van der Waals surface area contributed by atoms with E-state index in [1.165, 1.54) is 11.1 Å². The number of nitrogens with zero attached hydrogens (tertiary/aromatic N) is 2. The summed E-state index contributed by atoms with van der Waals surface area (Å²) >= 11 is 0. The lowest BCUT2D eigenvalue weighted by Crippen LogP contribution is -2.48. The average Bonchev–Trinajstić information content (AvgIpc) is 2.44.